The number of fused-ring (bicyclic) bond motifs is 1. The number of carbonyl (C=O) groups is 2. The van der Waals surface area contributed by atoms with Crippen LogP contribution in [0.25, 0.3) is 10.8 Å². The van der Waals surface area contributed by atoms with Gasteiger partial charge < -0.3 is 10.2 Å². The number of rotatable bonds is 2. The summed E-state index contributed by atoms with van der Waals surface area (Å²) in [6.45, 7) is 1.50. The molecule has 0 amide bonds. The van der Waals surface area contributed by atoms with E-state index in [1.807, 2.05) is 0 Å². The Hall–Kier alpha value is -1.87. The minimum Gasteiger partial charge on any atom is -0.481 e. The molecular formula is C18H17O4Zr-. The summed E-state index contributed by atoms with van der Waals surface area (Å²) in [5.41, 5.74) is -0.949. The second-order valence-electron chi connectivity index (χ2n) is 5.41. The first-order valence-electron chi connectivity index (χ1n) is 6.88. The third-order valence-electron chi connectivity index (χ3n) is 3.63. The molecule has 0 radical (unpaired) electrons. The fourth-order valence-electron chi connectivity index (χ4n) is 2.25. The molecule has 2 N–H and O–H groups in total. The molecular weight excluding hydrogens is 371 g/mol. The van der Waals surface area contributed by atoms with Gasteiger partial charge in [0.1, 0.15) is 0 Å². The fourth-order valence-corrected chi connectivity index (χ4v) is 2.25. The van der Waals surface area contributed by atoms with Crippen molar-refractivity contribution < 1.29 is 46.0 Å². The van der Waals surface area contributed by atoms with E-state index in [2.05, 4.69) is 42.5 Å². The molecule has 2 aromatic carbocycles. The van der Waals surface area contributed by atoms with Gasteiger partial charge in [0.25, 0.3) is 0 Å². The van der Waals surface area contributed by atoms with E-state index in [4.69, 9.17) is 10.2 Å². The second kappa shape index (κ2) is 8.12. The first-order chi connectivity index (χ1) is 10.4. The van der Waals surface area contributed by atoms with Gasteiger partial charge in [0.05, 0.1) is 5.41 Å². The summed E-state index contributed by atoms with van der Waals surface area (Å²) in [6, 6.07) is 14.7. The third kappa shape index (κ3) is 4.80. The van der Waals surface area contributed by atoms with Crippen molar-refractivity contribution in [1.82, 2.24) is 0 Å². The number of aliphatic carboxylic acids is 2. The van der Waals surface area contributed by atoms with Crippen molar-refractivity contribution in [2.45, 2.75) is 13.3 Å². The molecule has 118 valence electrons. The van der Waals surface area contributed by atoms with Crippen LogP contribution < -0.4 is 0 Å². The van der Waals surface area contributed by atoms with Crippen molar-refractivity contribution in [3.8, 4) is 0 Å². The molecule has 4 nitrogen and oxygen atoms in total. The summed E-state index contributed by atoms with van der Waals surface area (Å²) in [6.07, 6.45) is 4.43. The predicted octanol–water partition coefficient (Wildman–Crippen LogP) is 3.60. The second-order valence-corrected chi connectivity index (χ2v) is 5.41. The van der Waals surface area contributed by atoms with Crippen molar-refractivity contribution in [2.75, 3.05) is 0 Å². The van der Waals surface area contributed by atoms with E-state index < -0.39 is 17.4 Å². The van der Waals surface area contributed by atoms with Gasteiger partial charge in [0, 0.05) is 31.8 Å². The van der Waals surface area contributed by atoms with Crippen molar-refractivity contribution in [2.24, 2.45) is 5.41 Å². The third-order valence-corrected chi connectivity index (χ3v) is 3.63. The molecule has 5 heteroatoms. The minimum absolute atomic E-state index is 0. The van der Waals surface area contributed by atoms with Crippen LogP contribution in [0.4, 0.5) is 0 Å². The van der Waals surface area contributed by atoms with Gasteiger partial charge in [0.15, 0.2) is 0 Å². The van der Waals surface area contributed by atoms with Crippen LogP contribution in [0.15, 0.2) is 66.3 Å². The maximum Gasteiger partial charge on any atom is 0.331 e. The molecule has 1 aliphatic carbocycles. The standard InChI is InChI=1S/C9H10O4.C9H7.Zr/c1-9(8(12)13)4-2-3-6(5-9)7(10)11;1-2-5-9-7-3-6-8(9)4-1;/h2-4H,5H2,1H3,(H,10,11)(H,12,13);1-7H;/q;-1;. The largest absolute Gasteiger partial charge is 0.481 e. The average molecular weight is 389 g/mol. The Balaban J connectivity index is 0.000000232. The summed E-state index contributed by atoms with van der Waals surface area (Å²) >= 11 is 0. The monoisotopic (exact) mass is 387 g/mol. The zero-order valence-electron chi connectivity index (χ0n) is 12.7. The van der Waals surface area contributed by atoms with E-state index in [0.717, 1.165) is 0 Å². The van der Waals surface area contributed by atoms with E-state index in [1.54, 1.807) is 0 Å². The van der Waals surface area contributed by atoms with Crippen molar-refractivity contribution in [1.29, 1.82) is 0 Å². The Morgan fingerprint density at radius 3 is 2.48 bits per heavy atom. The summed E-state index contributed by atoms with van der Waals surface area (Å²) in [7, 11) is 0. The Morgan fingerprint density at radius 1 is 1.17 bits per heavy atom. The molecule has 0 heterocycles. The Morgan fingerprint density at radius 2 is 1.87 bits per heavy atom. The summed E-state index contributed by atoms with van der Waals surface area (Å²) in [5.74, 6) is -2.06. The van der Waals surface area contributed by atoms with Gasteiger partial charge in [-0.2, -0.15) is 17.5 Å². The quantitative estimate of drug-likeness (QED) is 0.771. The van der Waals surface area contributed by atoms with E-state index in [0.29, 0.717) is 0 Å². The zero-order valence-corrected chi connectivity index (χ0v) is 15.1. The number of hydrogen-bond donors (Lipinski definition) is 2. The molecule has 23 heavy (non-hydrogen) atoms. The molecule has 0 saturated carbocycles. The van der Waals surface area contributed by atoms with Crippen LogP contribution >= 0.6 is 0 Å². The van der Waals surface area contributed by atoms with Crippen LogP contribution in [0.1, 0.15) is 13.3 Å². The molecule has 0 aromatic heterocycles. The average Bonchev–Trinajstić information content (AvgIpc) is 2.96. The number of hydrogen-bond acceptors (Lipinski definition) is 2. The van der Waals surface area contributed by atoms with E-state index in [9.17, 15) is 9.59 Å². The molecule has 1 aliphatic rings. The van der Waals surface area contributed by atoms with Gasteiger partial charge in [-0.1, -0.05) is 24.3 Å². The zero-order chi connectivity index (χ0) is 16.2. The van der Waals surface area contributed by atoms with Crippen LogP contribution in [-0.2, 0) is 35.8 Å². The molecule has 1 unspecified atom stereocenters. The van der Waals surface area contributed by atoms with Crippen LogP contribution in [-0.4, -0.2) is 22.2 Å². The minimum atomic E-state index is -1.08. The fraction of sp³-hybridized carbons (Fsp3) is 0.167. The van der Waals surface area contributed by atoms with E-state index in [-0.39, 0.29) is 38.2 Å². The summed E-state index contributed by atoms with van der Waals surface area (Å²) in [5, 5.41) is 20.1. The van der Waals surface area contributed by atoms with Crippen LogP contribution in [0.3, 0.4) is 0 Å². The molecule has 3 rings (SSSR count). The maximum atomic E-state index is 10.8. The first kappa shape index (κ1) is 19.2. The van der Waals surface area contributed by atoms with Crippen LogP contribution in [0.2, 0.25) is 0 Å². The van der Waals surface area contributed by atoms with Gasteiger partial charge >= 0.3 is 11.9 Å². The predicted molar refractivity (Wildman–Crippen MR) is 84.8 cm³/mol. The topological polar surface area (TPSA) is 74.6 Å². The van der Waals surface area contributed by atoms with Crippen molar-refractivity contribution >= 4 is 22.7 Å². The van der Waals surface area contributed by atoms with Crippen molar-refractivity contribution in [3.05, 3.63) is 66.3 Å². The summed E-state index contributed by atoms with van der Waals surface area (Å²) in [4.78, 5) is 21.3. The Bertz CT molecular complexity index is 727. The molecule has 1 atom stereocenters. The van der Waals surface area contributed by atoms with Crippen molar-refractivity contribution in [3.63, 3.8) is 0 Å². The Kier molecular flexibility index (Phi) is 6.77. The normalized spacial score (nSPS) is 19.1. The van der Waals surface area contributed by atoms with Gasteiger partial charge in [-0.3, -0.25) is 4.79 Å². The molecule has 0 fully saturated rings. The molecule has 0 aliphatic heterocycles. The van der Waals surface area contributed by atoms with Crippen LogP contribution in [0.5, 0.6) is 0 Å². The van der Waals surface area contributed by atoms with Crippen LogP contribution in [0, 0.1) is 5.41 Å². The van der Waals surface area contributed by atoms with E-state index >= 15 is 0 Å². The Labute approximate surface area is 153 Å². The number of allylic oxidation sites excluding steroid dienone is 2. The van der Waals surface area contributed by atoms with Gasteiger partial charge in [-0.05, 0) is 13.3 Å². The molecule has 0 saturated heterocycles. The van der Waals surface area contributed by atoms with Gasteiger partial charge in [-0.25, -0.2) is 4.79 Å². The summed E-state index contributed by atoms with van der Waals surface area (Å²) < 4.78 is 0. The van der Waals surface area contributed by atoms with Gasteiger partial charge in [-0.15, -0.1) is 29.7 Å². The van der Waals surface area contributed by atoms with Gasteiger partial charge in [0.2, 0.25) is 0 Å². The number of benzene rings is 1. The maximum absolute atomic E-state index is 10.8. The van der Waals surface area contributed by atoms with E-state index in [1.165, 1.54) is 35.9 Å². The molecule has 0 spiro atoms. The smallest absolute Gasteiger partial charge is 0.331 e. The molecule has 2 aromatic rings. The number of carboxylic acid groups (broad SMARTS) is 2. The number of carboxylic acids is 2. The first-order valence-corrected chi connectivity index (χ1v) is 6.88. The SMILES string of the molecule is CC1(C(=O)O)C=CC=C(C(=O)O)C1.[Zr].c1ccc2[cH-]ccc2c1. The molecule has 0 bridgehead atoms.